The topological polar surface area (TPSA) is 25.2 Å². The van der Waals surface area contributed by atoms with Crippen molar-refractivity contribution in [2.75, 3.05) is 7.05 Å². The second-order valence-corrected chi connectivity index (χ2v) is 7.08. The molecule has 1 heterocycles. The first kappa shape index (κ1) is 13.0. The van der Waals surface area contributed by atoms with E-state index in [0.29, 0.717) is 16.7 Å². The van der Waals surface area contributed by atoms with E-state index in [1.807, 2.05) is 18.7 Å². The van der Waals surface area contributed by atoms with Crippen molar-refractivity contribution in [2.24, 2.45) is 5.41 Å². The predicted octanol–water partition coefficient (Wildman–Crippen LogP) is 3.85. The Morgan fingerprint density at radius 2 is 2.24 bits per heavy atom. The summed E-state index contributed by atoms with van der Waals surface area (Å²) in [6.45, 7) is 6.81. The number of nitrogens with one attached hydrogen (secondary N) is 1. The Morgan fingerprint density at radius 3 is 2.82 bits per heavy atom. The van der Waals surface area contributed by atoms with Gasteiger partial charge in [0.15, 0.2) is 0 Å². The van der Waals surface area contributed by atoms with Crippen molar-refractivity contribution in [3.63, 3.8) is 0 Å². The van der Waals surface area contributed by atoms with E-state index in [2.05, 4.69) is 32.3 Å². The third-order valence-electron chi connectivity index (χ3n) is 3.80. The van der Waals surface area contributed by atoms with Crippen LogP contribution in [0.4, 0.5) is 0 Å². The lowest BCUT2D eigenvalue weighted by Gasteiger charge is -2.40. The van der Waals surface area contributed by atoms with Gasteiger partial charge in [-0.15, -0.1) is 11.8 Å². The summed E-state index contributed by atoms with van der Waals surface area (Å²) in [7, 11) is 2.08. The van der Waals surface area contributed by atoms with E-state index in [-0.39, 0.29) is 0 Å². The van der Waals surface area contributed by atoms with E-state index in [9.17, 15) is 0 Å². The largest absolute Gasteiger partial charge is 0.468 e. The van der Waals surface area contributed by atoms with Crippen molar-refractivity contribution in [3.05, 3.63) is 18.1 Å². The highest BCUT2D eigenvalue weighted by Gasteiger charge is 2.35. The molecule has 2 nitrogen and oxygen atoms in total. The maximum absolute atomic E-state index is 5.39. The van der Waals surface area contributed by atoms with Gasteiger partial charge in [0.25, 0.3) is 0 Å². The monoisotopic (exact) mass is 253 g/mol. The summed E-state index contributed by atoms with van der Waals surface area (Å²) in [5, 5.41) is 4.13. The molecule has 0 radical (unpaired) electrons. The van der Waals surface area contributed by atoms with Crippen LogP contribution in [0, 0.1) is 12.3 Å². The van der Waals surface area contributed by atoms with Gasteiger partial charge in [0.2, 0.25) is 0 Å². The van der Waals surface area contributed by atoms with Crippen molar-refractivity contribution in [1.82, 2.24) is 5.32 Å². The van der Waals surface area contributed by atoms with Gasteiger partial charge in [-0.2, -0.15) is 0 Å². The SMILES string of the molecule is CNC1CCC(C)(C)CC1Sc1ccoc1C. The van der Waals surface area contributed by atoms with Gasteiger partial charge in [0, 0.05) is 16.2 Å². The Balaban J connectivity index is 2.08. The second kappa shape index (κ2) is 5.07. The van der Waals surface area contributed by atoms with Crippen molar-refractivity contribution in [3.8, 4) is 0 Å². The summed E-state index contributed by atoms with van der Waals surface area (Å²) >= 11 is 1.98. The first-order chi connectivity index (χ1) is 8.02. The Kier molecular flexibility index (Phi) is 3.88. The Morgan fingerprint density at radius 1 is 1.47 bits per heavy atom. The molecule has 0 aliphatic heterocycles. The van der Waals surface area contributed by atoms with Crippen molar-refractivity contribution in [2.45, 2.75) is 56.2 Å². The Labute approximate surface area is 109 Å². The van der Waals surface area contributed by atoms with Crippen LogP contribution < -0.4 is 5.32 Å². The third-order valence-corrected chi connectivity index (χ3v) is 5.27. The molecule has 0 aromatic carbocycles. The van der Waals surface area contributed by atoms with Crippen LogP contribution in [-0.4, -0.2) is 18.3 Å². The van der Waals surface area contributed by atoms with Crippen LogP contribution in [-0.2, 0) is 0 Å². The summed E-state index contributed by atoms with van der Waals surface area (Å²) in [4.78, 5) is 1.30. The predicted molar refractivity (Wildman–Crippen MR) is 73.6 cm³/mol. The van der Waals surface area contributed by atoms with Crippen LogP contribution in [0.5, 0.6) is 0 Å². The molecule has 1 N–H and O–H groups in total. The van der Waals surface area contributed by atoms with E-state index < -0.39 is 0 Å². The average molecular weight is 253 g/mol. The average Bonchev–Trinajstić information content (AvgIpc) is 2.64. The Hall–Kier alpha value is -0.410. The lowest BCUT2D eigenvalue weighted by molar-refractivity contribution is 0.218. The molecular weight excluding hydrogens is 230 g/mol. The number of thioether (sulfide) groups is 1. The number of furan rings is 1. The first-order valence-electron chi connectivity index (χ1n) is 6.40. The zero-order valence-corrected chi connectivity index (χ0v) is 12.1. The molecule has 0 amide bonds. The lowest BCUT2D eigenvalue weighted by atomic mass is 9.75. The molecule has 2 unspecified atom stereocenters. The fourth-order valence-corrected chi connectivity index (χ4v) is 4.28. The Bertz CT molecular complexity index is 372. The summed E-state index contributed by atoms with van der Waals surface area (Å²) in [6.07, 6.45) is 5.66. The van der Waals surface area contributed by atoms with Gasteiger partial charge in [-0.3, -0.25) is 0 Å². The van der Waals surface area contributed by atoms with Gasteiger partial charge in [0.05, 0.1) is 6.26 Å². The highest BCUT2D eigenvalue weighted by molar-refractivity contribution is 8.00. The molecule has 1 fully saturated rings. The highest BCUT2D eigenvalue weighted by Crippen LogP contribution is 2.43. The number of hydrogen-bond acceptors (Lipinski definition) is 3. The summed E-state index contributed by atoms with van der Waals surface area (Å²) in [6, 6.07) is 2.72. The van der Waals surface area contributed by atoms with Gasteiger partial charge in [-0.25, -0.2) is 0 Å². The molecule has 0 bridgehead atoms. The minimum absolute atomic E-state index is 0.475. The van der Waals surface area contributed by atoms with Gasteiger partial charge in [-0.1, -0.05) is 13.8 Å². The highest BCUT2D eigenvalue weighted by atomic mass is 32.2. The number of rotatable bonds is 3. The van der Waals surface area contributed by atoms with Crippen LogP contribution in [0.15, 0.2) is 21.6 Å². The summed E-state index contributed by atoms with van der Waals surface area (Å²) in [5.41, 5.74) is 0.475. The van der Waals surface area contributed by atoms with Crippen LogP contribution in [0.1, 0.15) is 38.9 Å². The zero-order valence-electron chi connectivity index (χ0n) is 11.2. The molecular formula is C14H23NOS. The van der Waals surface area contributed by atoms with E-state index >= 15 is 0 Å². The second-order valence-electron chi connectivity index (χ2n) is 5.80. The maximum Gasteiger partial charge on any atom is 0.114 e. The summed E-state index contributed by atoms with van der Waals surface area (Å²) < 4.78 is 5.39. The molecule has 1 saturated carbocycles. The molecule has 1 aromatic heterocycles. The summed E-state index contributed by atoms with van der Waals surface area (Å²) in [5.74, 6) is 1.05. The van der Waals surface area contributed by atoms with Crippen LogP contribution >= 0.6 is 11.8 Å². The van der Waals surface area contributed by atoms with E-state index in [0.717, 1.165) is 5.76 Å². The van der Waals surface area contributed by atoms with Gasteiger partial charge >= 0.3 is 0 Å². The van der Waals surface area contributed by atoms with E-state index in [1.165, 1.54) is 24.2 Å². The van der Waals surface area contributed by atoms with Gasteiger partial charge in [-0.05, 0) is 44.7 Å². The van der Waals surface area contributed by atoms with E-state index in [1.54, 1.807) is 6.26 Å². The lowest BCUT2D eigenvalue weighted by Crippen LogP contribution is -2.43. The fraction of sp³-hybridized carbons (Fsp3) is 0.714. The molecule has 0 saturated heterocycles. The van der Waals surface area contributed by atoms with Crippen molar-refractivity contribution < 1.29 is 4.42 Å². The molecule has 96 valence electrons. The van der Waals surface area contributed by atoms with E-state index in [4.69, 9.17) is 4.42 Å². The molecule has 1 aliphatic rings. The standard InChI is InChI=1S/C14H23NOS/c1-10-12(6-8-16-10)17-13-9-14(2,3)7-5-11(13)15-4/h6,8,11,13,15H,5,7,9H2,1-4H3. The quantitative estimate of drug-likeness (QED) is 0.886. The maximum atomic E-state index is 5.39. The minimum atomic E-state index is 0.475. The molecule has 0 spiro atoms. The first-order valence-corrected chi connectivity index (χ1v) is 7.28. The molecule has 17 heavy (non-hydrogen) atoms. The molecule has 2 rings (SSSR count). The third kappa shape index (κ3) is 3.08. The van der Waals surface area contributed by atoms with Crippen molar-refractivity contribution in [1.29, 1.82) is 0 Å². The van der Waals surface area contributed by atoms with Gasteiger partial charge < -0.3 is 9.73 Å². The van der Waals surface area contributed by atoms with Crippen molar-refractivity contribution >= 4 is 11.8 Å². The molecule has 2 atom stereocenters. The molecule has 3 heteroatoms. The van der Waals surface area contributed by atoms with Crippen LogP contribution in [0.25, 0.3) is 0 Å². The zero-order chi connectivity index (χ0) is 12.5. The normalized spacial score (nSPS) is 28.2. The van der Waals surface area contributed by atoms with Crippen LogP contribution in [0.3, 0.4) is 0 Å². The fourth-order valence-electron chi connectivity index (χ4n) is 2.63. The minimum Gasteiger partial charge on any atom is -0.468 e. The van der Waals surface area contributed by atoms with Gasteiger partial charge in [0.1, 0.15) is 5.76 Å². The number of hydrogen-bond donors (Lipinski definition) is 1. The van der Waals surface area contributed by atoms with Crippen LogP contribution in [0.2, 0.25) is 0 Å². The smallest absolute Gasteiger partial charge is 0.114 e. The molecule has 1 aliphatic carbocycles. The molecule has 1 aromatic rings. The number of aryl methyl sites for hydroxylation is 1.